The van der Waals surface area contributed by atoms with E-state index in [1.807, 2.05) is 36.4 Å². The molecule has 0 saturated heterocycles. The number of aldehydes is 1. The molecule has 1 aromatic heterocycles. The molecule has 0 N–H and O–H groups in total. The zero-order valence-corrected chi connectivity index (χ0v) is 8.67. The number of rotatable bonds is 4. The van der Waals surface area contributed by atoms with E-state index in [2.05, 4.69) is 4.98 Å². The van der Waals surface area contributed by atoms with Gasteiger partial charge in [0, 0.05) is 12.5 Å². The van der Waals surface area contributed by atoms with Crippen LogP contribution in [-0.2, 0) is 11.2 Å². The number of carbonyl (C=O) groups is 1. The summed E-state index contributed by atoms with van der Waals surface area (Å²) in [7, 11) is 0. The van der Waals surface area contributed by atoms with Gasteiger partial charge in [0.05, 0.1) is 5.69 Å². The Morgan fingerprint density at radius 1 is 1.19 bits per heavy atom. The van der Waals surface area contributed by atoms with Crippen LogP contribution in [0, 0.1) is 0 Å². The van der Waals surface area contributed by atoms with Crippen LogP contribution in [0.15, 0.2) is 41.0 Å². The normalized spacial score (nSPS) is 10.8. The molecule has 3 nitrogen and oxygen atoms in total. The second kappa shape index (κ2) is 5.07. The molecule has 2 rings (SSSR count). The average Bonchev–Trinajstić information content (AvgIpc) is 2.76. The van der Waals surface area contributed by atoms with Crippen LogP contribution in [0.3, 0.4) is 0 Å². The predicted octanol–water partition coefficient (Wildman–Crippen LogP) is 2.59. The molecule has 16 heavy (non-hydrogen) atoms. The first-order valence-electron chi connectivity index (χ1n) is 4.99. The Labute approximate surface area is 93.4 Å². The predicted molar refractivity (Wildman–Crippen MR) is 61.6 cm³/mol. The molecule has 1 aromatic carbocycles. The quantitative estimate of drug-likeness (QED) is 0.733. The third kappa shape index (κ3) is 2.67. The molecule has 2 aromatic rings. The van der Waals surface area contributed by atoms with Crippen molar-refractivity contribution in [3.05, 3.63) is 53.7 Å². The number of hydrogen-bond acceptors (Lipinski definition) is 3. The van der Waals surface area contributed by atoms with Gasteiger partial charge in [-0.05, 0) is 11.6 Å². The van der Waals surface area contributed by atoms with E-state index in [1.165, 1.54) is 6.26 Å². The van der Waals surface area contributed by atoms with Gasteiger partial charge in [0.1, 0.15) is 12.5 Å². The molecule has 0 aliphatic rings. The summed E-state index contributed by atoms with van der Waals surface area (Å²) in [6.45, 7) is 0. The van der Waals surface area contributed by atoms with Gasteiger partial charge in [-0.2, -0.15) is 0 Å². The minimum Gasteiger partial charge on any atom is -0.445 e. The molecule has 0 aliphatic carbocycles. The van der Waals surface area contributed by atoms with Crippen LogP contribution in [0.5, 0.6) is 0 Å². The Morgan fingerprint density at radius 3 is 2.75 bits per heavy atom. The summed E-state index contributed by atoms with van der Waals surface area (Å²) in [5, 5.41) is 0. The number of hydrogen-bond donors (Lipinski definition) is 0. The van der Waals surface area contributed by atoms with Crippen molar-refractivity contribution < 1.29 is 9.21 Å². The molecule has 1 heterocycles. The first-order valence-corrected chi connectivity index (χ1v) is 4.99. The van der Waals surface area contributed by atoms with Gasteiger partial charge in [-0.15, -0.1) is 0 Å². The lowest BCUT2D eigenvalue weighted by Crippen LogP contribution is -1.84. The van der Waals surface area contributed by atoms with Crippen molar-refractivity contribution in [2.24, 2.45) is 0 Å². The zero-order valence-electron chi connectivity index (χ0n) is 8.67. The summed E-state index contributed by atoms with van der Waals surface area (Å²) in [6, 6.07) is 9.88. The van der Waals surface area contributed by atoms with Crippen LogP contribution < -0.4 is 0 Å². The van der Waals surface area contributed by atoms with Crippen molar-refractivity contribution in [3.8, 4) is 0 Å². The van der Waals surface area contributed by atoms with E-state index in [4.69, 9.17) is 4.42 Å². The maximum absolute atomic E-state index is 10.3. The fourth-order valence-corrected chi connectivity index (χ4v) is 1.31. The lowest BCUT2D eigenvalue weighted by Gasteiger charge is -1.89. The molecule has 0 amide bonds. The van der Waals surface area contributed by atoms with Crippen molar-refractivity contribution in [2.45, 2.75) is 6.42 Å². The van der Waals surface area contributed by atoms with Crippen molar-refractivity contribution in [1.29, 1.82) is 0 Å². The van der Waals surface area contributed by atoms with Gasteiger partial charge in [0.15, 0.2) is 0 Å². The molecular formula is C13H11NO2. The maximum atomic E-state index is 10.3. The molecule has 80 valence electrons. The number of nitrogens with zero attached hydrogens (tertiary/aromatic N) is 1. The minimum atomic E-state index is 0.294. The number of benzene rings is 1. The van der Waals surface area contributed by atoms with Crippen LogP contribution in [0.4, 0.5) is 0 Å². The van der Waals surface area contributed by atoms with Gasteiger partial charge in [-0.3, -0.25) is 0 Å². The second-order valence-corrected chi connectivity index (χ2v) is 3.29. The summed E-state index contributed by atoms with van der Waals surface area (Å²) in [5.41, 5.74) is 1.74. The van der Waals surface area contributed by atoms with Gasteiger partial charge < -0.3 is 9.21 Å². The monoisotopic (exact) mass is 213 g/mol. The molecule has 0 atom stereocenters. The molecule has 0 saturated carbocycles. The fraction of sp³-hybridized carbons (Fsp3) is 0.0769. The summed E-state index contributed by atoms with van der Waals surface area (Å²) in [5.74, 6) is 0.515. The summed E-state index contributed by atoms with van der Waals surface area (Å²) < 4.78 is 5.18. The molecular weight excluding hydrogens is 202 g/mol. The SMILES string of the molecule is O=CCc1coc(C=Cc2ccccc2)n1. The van der Waals surface area contributed by atoms with Gasteiger partial charge in [-0.25, -0.2) is 4.98 Å². The molecule has 0 radical (unpaired) electrons. The van der Waals surface area contributed by atoms with Crippen molar-refractivity contribution in [2.75, 3.05) is 0 Å². The van der Waals surface area contributed by atoms with E-state index in [0.717, 1.165) is 11.8 Å². The Kier molecular flexibility index (Phi) is 3.28. The lowest BCUT2D eigenvalue weighted by molar-refractivity contribution is -0.107. The molecule has 0 unspecified atom stereocenters. The van der Waals surface area contributed by atoms with Crippen LogP contribution in [-0.4, -0.2) is 11.3 Å². The van der Waals surface area contributed by atoms with E-state index < -0.39 is 0 Å². The first-order chi connectivity index (χ1) is 7.88. The minimum absolute atomic E-state index is 0.294. The molecule has 3 heteroatoms. The number of oxazole rings is 1. The summed E-state index contributed by atoms with van der Waals surface area (Å²) >= 11 is 0. The maximum Gasteiger partial charge on any atom is 0.218 e. The molecule has 0 bridgehead atoms. The van der Waals surface area contributed by atoms with Crippen molar-refractivity contribution >= 4 is 18.4 Å². The largest absolute Gasteiger partial charge is 0.445 e. The Hall–Kier alpha value is -2.16. The lowest BCUT2D eigenvalue weighted by atomic mass is 10.2. The van der Waals surface area contributed by atoms with Gasteiger partial charge >= 0.3 is 0 Å². The standard InChI is InChI=1S/C13H11NO2/c15-9-8-12-10-16-13(14-12)7-6-11-4-2-1-3-5-11/h1-7,9-10H,8H2. The van der Waals surface area contributed by atoms with Gasteiger partial charge in [0.25, 0.3) is 0 Å². The number of aromatic nitrogens is 1. The highest BCUT2D eigenvalue weighted by molar-refractivity contribution is 5.66. The first kappa shape index (κ1) is 10.4. The summed E-state index contributed by atoms with van der Waals surface area (Å²) in [4.78, 5) is 14.4. The van der Waals surface area contributed by atoms with Crippen molar-refractivity contribution in [3.63, 3.8) is 0 Å². The molecule has 0 spiro atoms. The van der Waals surface area contributed by atoms with Gasteiger partial charge in [0.2, 0.25) is 5.89 Å². The third-order valence-corrected chi connectivity index (χ3v) is 2.08. The summed E-state index contributed by atoms with van der Waals surface area (Å²) in [6.07, 6.45) is 6.30. The van der Waals surface area contributed by atoms with E-state index in [1.54, 1.807) is 6.08 Å². The highest BCUT2D eigenvalue weighted by atomic mass is 16.3. The van der Waals surface area contributed by atoms with Crippen LogP contribution >= 0.6 is 0 Å². The topological polar surface area (TPSA) is 43.1 Å². The van der Waals surface area contributed by atoms with E-state index in [9.17, 15) is 4.79 Å². The van der Waals surface area contributed by atoms with Gasteiger partial charge in [-0.1, -0.05) is 30.3 Å². The molecule has 0 fully saturated rings. The van der Waals surface area contributed by atoms with Crippen LogP contribution in [0.25, 0.3) is 12.2 Å². The number of carbonyl (C=O) groups excluding carboxylic acids is 1. The smallest absolute Gasteiger partial charge is 0.218 e. The van der Waals surface area contributed by atoms with Crippen molar-refractivity contribution in [1.82, 2.24) is 4.98 Å². The van der Waals surface area contributed by atoms with E-state index in [0.29, 0.717) is 18.0 Å². The zero-order chi connectivity index (χ0) is 11.2. The third-order valence-electron chi connectivity index (χ3n) is 2.08. The second-order valence-electron chi connectivity index (χ2n) is 3.29. The van der Waals surface area contributed by atoms with Crippen LogP contribution in [0.2, 0.25) is 0 Å². The highest BCUT2D eigenvalue weighted by Gasteiger charge is 1.99. The Balaban J connectivity index is 2.08. The average molecular weight is 213 g/mol. The fourth-order valence-electron chi connectivity index (χ4n) is 1.31. The Morgan fingerprint density at radius 2 is 2.00 bits per heavy atom. The van der Waals surface area contributed by atoms with E-state index >= 15 is 0 Å². The van der Waals surface area contributed by atoms with Crippen LogP contribution in [0.1, 0.15) is 17.1 Å². The molecule has 0 aliphatic heterocycles. The van der Waals surface area contributed by atoms with E-state index in [-0.39, 0.29) is 0 Å². The Bertz CT molecular complexity index is 486. The highest BCUT2D eigenvalue weighted by Crippen LogP contribution is 2.08.